The maximum atomic E-state index is 13.3. The van der Waals surface area contributed by atoms with Crippen molar-refractivity contribution in [2.75, 3.05) is 31.1 Å². The first kappa shape index (κ1) is 13.0. The second-order valence-corrected chi connectivity index (χ2v) is 4.08. The Morgan fingerprint density at radius 1 is 1.22 bits per heavy atom. The van der Waals surface area contributed by atoms with E-state index in [0.29, 0.717) is 18.8 Å². The molecule has 1 aliphatic heterocycles. The van der Waals surface area contributed by atoms with E-state index in [1.54, 1.807) is 0 Å². The summed E-state index contributed by atoms with van der Waals surface area (Å²) in [7, 11) is 0. The first-order valence-electron chi connectivity index (χ1n) is 5.87. The first-order valence-corrected chi connectivity index (χ1v) is 5.87. The zero-order valence-corrected chi connectivity index (χ0v) is 9.83. The van der Waals surface area contributed by atoms with Gasteiger partial charge in [-0.3, -0.25) is 0 Å². The van der Waals surface area contributed by atoms with Crippen LogP contribution in [0.25, 0.3) is 0 Å². The molecule has 1 aromatic carbocycles. The second kappa shape index (κ2) is 5.95. The van der Waals surface area contributed by atoms with Crippen LogP contribution in [0.4, 0.5) is 18.9 Å². The van der Waals surface area contributed by atoms with Gasteiger partial charge in [-0.2, -0.15) is 8.78 Å². The number of nitrogens with zero attached hydrogens (tertiary/aromatic N) is 1. The monoisotopic (exact) mass is 260 g/mol. The third-order valence-corrected chi connectivity index (χ3v) is 2.82. The van der Waals surface area contributed by atoms with E-state index < -0.39 is 12.4 Å². The van der Waals surface area contributed by atoms with Crippen LogP contribution >= 0.6 is 0 Å². The number of nitrogens with one attached hydrogen (secondary N) is 1. The summed E-state index contributed by atoms with van der Waals surface area (Å²) in [6.07, 6.45) is 0.880. The van der Waals surface area contributed by atoms with E-state index in [1.807, 2.05) is 4.90 Å². The predicted molar refractivity (Wildman–Crippen MR) is 62.7 cm³/mol. The van der Waals surface area contributed by atoms with Gasteiger partial charge in [0.1, 0.15) is 11.6 Å². The van der Waals surface area contributed by atoms with Crippen LogP contribution in [-0.2, 0) is 0 Å². The Morgan fingerprint density at radius 2 is 2.06 bits per heavy atom. The van der Waals surface area contributed by atoms with Crippen molar-refractivity contribution in [2.45, 2.75) is 13.0 Å². The van der Waals surface area contributed by atoms with Gasteiger partial charge < -0.3 is 15.0 Å². The molecule has 1 aliphatic rings. The molecule has 1 aromatic rings. The fourth-order valence-corrected chi connectivity index (χ4v) is 2.02. The third kappa shape index (κ3) is 3.29. The number of ether oxygens (including phenoxy) is 1. The summed E-state index contributed by atoms with van der Waals surface area (Å²) in [6.45, 7) is 0.0416. The number of alkyl halides is 2. The smallest absolute Gasteiger partial charge is 0.387 e. The molecule has 0 saturated carbocycles. The highest BCUT2D eigenvalue weighted by molar-refractivity contribution is 5.58. The lowest BCUT2D eigenvalue weighted by Crippen LogP contribution is -2.28. The minimum Gasteiger partial charge on any atom is -0.433 e. The molecular formula is C12H15F3N2O. The highest BCUT2D eigenvalue weighted by Gasteiger charge is 2.17. The van der Waals surface area contributed by atoms with Gasteiger partial charge in [0.25, 0.3) is 0 Å². The minimum absolute atomic E-state index is 0.0216. The zero-order chi connectivity index (χ0) is 13.0. The van der Waals surface area contributed by atoms with E-state index in [4.69, 9.17) is 0 Å². The molecule has 0 bridgehead atoms. The molecule has 1 fully saturated rings. The van der Waals surface area contributed by atoms with Gasteiger partial charge in [-0.05, 0) is 25.1 Å². The van der Waals surface area contributed by atoms with Crippen LogP contribution in [0, 0.1) is 5.82 Å². The average molecular weight is 260 g/mol. The van der Waals surface area contributed by atoms with E-state index in [9.17, 15) is 13.2 Å². The number of halogens is 3. The fraction of sp³-hybridized carbons (Fsp3) is 0.500. The summed E-state index contributed by atoms with van der Waals surface area (Å²) in [6, 6.07) is 3.61. The summed E-state index contributed by atoms with van der Waals surface area (Å²) < 4.78 is 42.3. The van der Waals surface area contributed by atoms with Crippen molar-refractivity contribution in [1.29, 1.82) is 0 Å². The Hall–Kier alpha value is -1.43. The van der Waals surface area contributed by atoms with Crippen molar-refractivity contribution in [3.05, 3.63) is 24.0 Å². The van der Waals surface area contributed by atoms with E-state index in [2.05, 4.69) is 10.1 Å². The summed E-state index contributed by atoms with van der Waals surface area (Å²) in [5, 5.41) is 3.20. The van der Waals surface area contributed by atoms with E-state index in [1.165, 1.54) is 12.1 Å². The lowest BCUT2D eigenvalue weighted by Gasteiger charge is -2.24. The Kier molecular flexibility index (Phi) is 4.30. The molecule has 0 unspecified atom stereocenters. The Labute approximate surface area is 104 Å². The number of anilines is 1. The van der Waals surface area contributed by atoms with Gasteiger partial charge >= 0.3 is 6.61 Å². The van der Waals surface area contributed by atoms with Gasteiger partial charge in [-0.15, -0.1) is 0 Å². The van der Waals surface area contributed by atoms with Crippen molar-refractivity contribution >= 4 is 5.69 Å². The van der Waals surface area contributed by atoms with Gasteiger partial charge in [-0.1, -0.05) is 0 Å². The fourth-order valence-electron chi connectivity index (χ4n) is 2.02. The number of rotatable bonds is 3. The molecule has 0 radical (unpaired) electrons. The van der Waals surface area contributed by atoms with Gasteiger partial charge in [0.2, 0.25) is 0 Å². The number of benzene rings is 1. The van der Waals surface area contributed by atoms with Gasteiger partial charge in [-0.25, -0.2) is 4.39 Å². The molecule has 6 heteroatoms. The Bertz CT molecular complexity index is 393. The summed E-state index contributed by atoms with van der Waals surface area (Å²) >= 11 is 0. The van der Waals surface area contributed by atoms with Crippen LogP contribution in [0.2, 0.25) is 0 Å². The number of hydrogen-bond donors (Lipinski definition) is 1. The molecule has 2 rings (SSSR count). The topological polar surface area (TPSA) is 24.5 Å². The van der Waals surface area contributed by atoms with Crippen molar-refractivity contribution in [3.63, 3.8) is 0 Å². The second-order valence-electron chi connectivity index (χ2n) is 4.08. The molecule has 0 atom stereocenters. The average Bonchev–Trinajstić information content (AvgIpc) is 2.59. The molecular weight excluding hydrogens is 245 g/mol. The van der Waals surface area contributed by atoms with Crippen LogP contribution in [0.15, 0.2) is 18.2 Å². The van der Waals surface area contributed by atoms with Gasteiger partial charge in [0.15, 0.2) is 0 Å². The first-order chi connectivity index (χ1) is 8.66. The van der Waals surface area contributed by atoms with E-state index >= 15 is 0 Å². The Balaban J connectivity index is 2.24. The predicted octanol–water partition coefficient (Wildman–Crippen LogP) is 2.23. The van der Waals surface area contributed by atoms with Crippen LogP contribution in [0.1, 0.15) is 6.42 Å². The molecule has 1 N–H and O–H groups in total. The van der Waals surface area contributed by atoms with Crippen LogP contribution in [0.3, 0.4) is 0 Å². The Morgan fingerprint density at radius 3 is 2.83 bits per heavy atom. The van der Waals surface area contributed by atoms with Crippen LogP contribution in [0.5, 0.6) is 5.75 Å². The quantitative estimate of drug-likeness (QED) is 0.902. The molecule has 3 nitrogen and oxygen atoms in total. The SMILES string of the molecule is Fc1ccc(OC(F)F)c(N2CCCNCC2)c1. The molecule has 0 aliphatic carbocycles. The maximum Gasteiger partial charge on any atom is 0.387 e. The van der Waals surface area contributed by atoms with Gasteiger partial charge in [0, 0.05) is 25.7 Å². The minimum atomic E-state index is -2.90. The van der Waals surface area contributed by atoms with Crippen molar-refractivity contribution in [1.82, 2.24) is 5.32 Å². The standard InChI is InChI=1S/C12H15F3N2O/c13-9-2-3-11(18-12(14)15)10(8-9)17-6-1-4-16-5-7-17/h2-3,8,12,16H,1,4-7H2. The molecule has 18 heavy (non-hydrogen) atoms. The van der Waals surface area contributed by atoms with E-state index in [0.717, 1.165) is 25.6 Å². The lowest BCUT2D eigenvalue weighted by molar-refractivity contribution is -0.0495. The van der Waals surface area contributed by atoms with Gasteiger partial charge in [0.05, 0.1) is 5.69 Å². The molecule has 1 heterocycles. The molecule has 100 valence electrons. The molecule has 0 aromatic heterocycles. The van der Waals surface area contributed by atoms with E-state index in [-0.39, 0.29) is 5.75 Å². The summed E-state index contributed by atoms with van der Waals surface area (Å²) in [5.41, 5.74) is 0.388. The maximum absolute atomic E-state index is 13.3. The highest BCUT2D eigenvalue weighted by atomic mass is 19.3. The van der Waals surface area contributed by atoms with Crippen LogP contribution in [-0.4, -0.2) is 32.8 Å². The molecule has 0 amide bonds. The molecule has 0 spiro atoms. The largest absolute Gasteiger partial charge is 0.433 e. The van der Waals surface area contributed by atoms with Crippen molar-refractivity contribution < 1.29 is 17.9 Å². The zero-order valence-electron chi connectivity index (χ0n) is 9.83. The third-order valence-electron chi connectivity index (χ3n) is 2.82. The van der Waals surface area contributed by atoms with Crippen molar-refractivity contribution in [2.24, 2.45) is 0 Å². The van der Waals surface area contributed by atoms with Crippen molar-refractivity contribution in [3.8, 4) is 5.75 Å². The highest BCUT2D eigenvalue weighted by Crippen LogP contribution is 2.30. The molecule has 1 saturated heterocycles. The van der Waals surface area contributed by atoms with Crippen LogP contribution < -0.4 is 15.0 Å². The summed E-state index contributed by atoms with van der Waals surface area (Å²) in [4.78, 5) is 1.86. The lowest BCUT2D eigenvalue weighted by atomic mass is 10.2. The normalized spacial score (nSPS) is 16.8. The number of hydrogen-bond acceptors (Lipinski definition) is 3. The summed E-state index contributed by atoms with van der Waals surface area (Å²) in [5.74, 6) is -0.433.